The molecule has 2 aromatic rings. The summed E-state index contributed by atoms with van der Waals surface area (Å²) in [5, 5.41) is 7.77. The number of hydrogen-bond acceptors (Lipinski definition) is 6. The van der Waals surface area contributed by atoms with Crippen LogP contribution in [0.4, 0.5) is 5.82 Å². The molecule has 0 bridgehead atoms. The zero-order chi connectivity index (χ0) is 19.2. The number of anilines is 1. The molecule has 3 rings (SSSR count). The van der Waals surface area contributed by atoms with E-state index in [9.17, 15) is 4.79 Å². The summed E-state index contributed by atoms with van der Waals surface area (Å²) in [6.45, 7) is 7.86. The summed E-state index contributed by atoms with van der Waals surface area (Å²) in [6, 6.07) is 5.61. The van der Waals surface area contributed by atoms with Crippen molar-refractivity contribution in [2.75, 3.05) is 38.1 Å². The van der Waals surface area contributed by atoms with Crippen LogP contribution in [-0.2, 0) is 16.1 Å². The van der Waals surface area contributed by atoms with Gasteiger partial charge < -0.3 is 15.4 Å². The highest BCUT2D eigenvalue weighted by molar-refractivity contribution is 6.31. The number of fused-ring (bicyclic) bond motifs is 1. The Balaban J connectivity index is 1.74. The monoisotopic (exact) mass is 391 g/mol. The molecule has 1 aromatic carbocycles. The van der Waals surface area contributed by atoms with Crippen molar-refractivity contribution in [1.82, 2.24) is 20.2 Å². The van der Waals surface area contributed by atoms with Gasteiger partial charge in [0, 0.05) is 36.7 Å². The molecule has 1 fully saturated rings. The number of piperazine rings is 1. The number of carbonyl (C=O) groups excluding carboxylic acids is 1. The first-order chi connectivity index (χ1) is 13.0. The van der Waals surface area contributed by atoms with Crippen molar-refractivity contribution in [3.05, 3.63) is 29.0 Å². The predicted octanol–water partition coefficient (Wildman–Crippen LogP) is 2.44. The number of benzene rings is 1. The molecule has 27 heavy (non-hydrogen) atoms. The van der Waals surface area contributed by atoms with Gasteiger partial charge in [0.2, 0.25) is 5.91 Å². The number of aromatic nitrogens is 2. The Hall–Kier alpha value is -1.96. The Morgan fingerprint density at radius 3 is 3.00 bits per heavy atom. The summed E-state index contributed by atoms with van der Waals surface area (Å²) in [5.41, 5.74) is 0.840. The van der Waals surface area contributed by atoms with Gasteiger partial charge in [-0.2, -0.15) is 0 Å². The molecular weight excluding hydrogens is 366 g/mol. The second-order valence-corrected chi connectivity index (χ2v) is 7.35. The molecule has 0 aliphatic carbocycles. The summed E-state index contributed by atoms with van der Waals surface area (Å²) >= 11 is 6.16. The molecule has 7 nitrogen and oxygen atoms in total. The molecule has 8 heteroatoms. The zero-order valence-electron chi connectivity index (χ0n) is 15.8. The van der Waals surface area contributed by atoms with Crippen LogP contribution in [0.25, 0.3) is 10.9 Å². The van der Waals surface area contributed by atoms with E-state index in [1.807, 2.05) is 32.0 Å². The number of nitrogens with zero attached hydrogens (tertiary/aromatic N) is 3. The van der Waals surface area contributed by atoms with Crippen molar-refractivity contribution < 1.29 is 9.53 Å². The molecule has 0 spiro atoms. The second-order valence-electron chi connectivity index (χ2n) is 6.91. The Morgan fingerprint density at radius 1 is 1.37 bits per heavy atom. The van der Waals surface area contributed by atoms with E-state index in [0.29, 0.717) is 37.1 Å². The van der Waals surface area contributed by atoms with Crippen molar-refractivity contribution in [1.29, 1.82) is 0 Å². The Morgan fingerprint density at radius 2 is 2.22 bits per heavy atom. The average molecular weight is 392 g/mol. The SMILES string of the molecule is CC(C)OCCCNc1nc(CN2CCNC(=O)C2)nc2ccc(Cl)cc12. The van der Waals surface area contributed by atoms with Crippen molar-refractivity contribution >= 4 is 34.2 Å². The van der Waals surface area contributed by atoms with Crippen LogP contribution in [0.1, 0.15) is 26.1 Å². The van der Waals surface area contributed by atoms with Gasteiger partial charge >= 0.3 is 0 Å². The molecule has 1 aromatic heterocycles. The third kappa shape index (κ3) is 5.76. The molecule has 1 amide bonds. The largest absolute Gasteiger partial charge is 0.379 e. The summed E-state index contributed by atoms with van der Waals surface area (Å²) < 4.78 is 5.58. The Bertz CT molecular complexity index is 799. The molecule has 0 radical (unpaired) electrons. The lowest BCUT2D eigenvalue weighted by Crippen LogP contribution is -2.47. The van der Waals surface area contributed by atoms with Crippen molar-refractivity contribution in [2.24, 2.45) is 0 Å². The van der Waals surface area contributed by atoms with Crippen LogP contribution in [-0.4, -0.2) is 59.7 Å². The van der Waals surface area contributed by atoms with Crippen molar-refractivity contribution in [2.45, 2.75) is 32.9 Å². The van der Waals surface area contributed by atoms with Gasteiger partial charge in [0.15, 0.2) is 0 Å². The maximum atomic E-state index is 11.6. The first kappa shape index (κ1) is 19.8. The van der Waals surface area contributed by atoms with Crippen LogP contribution in [0.15, 0.2) is 18.2 Å². The van der Waals surface area contributed by atoms with E-state index in [1.54, 1.807) is 0 Å². The quantitative estimate of drug-likeness (QED) is 0.673. The van der Waals surface area contributed by atoms with E-state index in [2.05, 4.69) is 20.5 Å². The predicted molar refractivity (Wildman–Crippen MR) is 107 cm³/mol. The minimum atomic E-state index is 0.0392. The number of halogens is 1. The van der Waals surface area contributed by atoms with Crippen molar-refractivity contribution in [3.63, 3.8) is 0 Å². The molecule has 1 aliphatic heterocycles. The van der Waals surface area contributed by atoms with Crippen LogP contribution >= 0.6 is 11.6 Å². The lowest BCUT2D eigenvalue weighted by Gasteiger charge is -2.25. The minimum absolute atomic E-state index is 0.0392. The van der Waals surface area contributed by atoms with Crippen molar-refractivity contribution in [3.8, 4) is 0 Å². The molecule has 0 atom stereocenters. The number of hydrogen-bond donors (Lipinski definition) is 2. The van der Waals surface area contributed by atoms with Gasteiger partial charge in [-0.1, -0.05) is 11.6 Å². The van der Waals surface area contributed by atoms with Gasteiger partial charge in [0.1, 0.15) is 11.6 Å². The lowest BCUT2D eigenvalue weighted by atomic mass is 10.2. The maximum Gasteiger partial charge on any atom is 0.234 e. The summed E-state index contributed by atoms with van der Waals surface area (Å²) in [7, 11) is 0. The van der Waals surface area contributed by atoms with Crippen LogP contribution < -0.4 is 10.6 Å². The van der Waals surface area contributed by atoms with Crippen LogP contribution in [0.2, 0.25) is 5.02 Å². The molecule has 0 saturated carbocycles. The first-order valence-electron chi connectivity index (χ1n) is 9.32. The summed E-state index contributed by atoms with van der Waals surface area (Å²) in [4.78, 5) is 23.0. The average Bonchev–Trinajstić information content (AvgIpc) is 2.61. The van der Waals surface area contributed by atoms with Gasteiger partial charge in [0.05, 0.1) is 24.7 Å². The highest BCUT2D eigenvalue weighted by Crippen LogP contribution is 2.24. The third-order valence-corrected chi connectivity index (χ3v) is 4.49. The summed E-state index contributed by atoms with van der Waals surface area (Å²) in [6.07, 6.45) is 1.11. The molecule has 1 saturated heterocycles. The smallest absolute Gasteiger partial charge is 0.234 e. The van der Waals surface area contributed by atoms with E-state index in [1.165, 1.54) is 0 Å². The lowest BCUT2D eigenvalue weighted by molar-refractivity contribution is -0.124. The fraction of sp³-hybridized carbons (Fsp3) is 0.526. The van der Waals surface area contributed by atoms with Crippen LogP contribution in [0.5, 0.6) is 0 Å². The van der Waals surface area contributed by atoms with E-state index < -0.39 is 0 Å². The van der Waals surface area contributed by atoms with Gasteiger partial charge in [0.25, 0.3) is 0 Å². The molecule has 2 heterocycles. The Kier molecular flexibility index (Phi) is 6.82. The number of rotatable bonds is 8. The van der Waals surface area contributed by atoms with E-state index >= 15 is 0 Å². The second kappa shape index (κ2) is 9.30. The van der Waals surface area contributed by atoms with E-state index in [4.69, 9.17) is 21.3 Å². The van der Waals surface area contributed by atoms with Crippen LogP contribution in [0.3, 0.4) is 0 Å². The summed E-state index contributed by atoms with van der Waals surface area (Å²) in [5.74, 6) is 1.50. The number of nitrogens with one attached hydrogen (secondary N) is 2. The maximum absolute atomic E-state index is 11.6. The van der Waals surface area contributed by atoms with Gasteiger partial charge in [-0.25, -0.2) is 9.97 Å². The Labute approximate surface area is 164 Å². The number of ether oxygens (including phenoxy) is 1. The minimum Gasteiger partial charge on any atom is -0.379 e. The third-order valence-electron chi connectivity index (χ3n) is 4.25. The molecule has 1 aliphatic rings. The molecule has 0 unspecified atom stereocenters. The van der Waals surface area contributed by atoms with E-state index in [0.717, 1.165) is 36.2 Å². The van der Waals surface area contributed by atoms with Gasteiger partial charge in [-0.05, 0) is 38.5 Å². The highest BCUT2D eigenvalue weighted by atomic mass is 35.5. The standard InChI is InChI=1S/C19H26ClN5O2/c1-13(2)27-9-3-6-22-19-15-10-14(20)4-5-16(15)23-17(24-19)11-25-8-7-21-18(26)12-25/h4-5,10,13H,3,6-9,11-12H2,1-2H3,(H,21,26)(H,22,23,24). The number of amides is 1. The van der Waals surface area contributed by atoms with Gasteiger partial charge in [-0.15, -0.1) is 0 Å². The molecule has 146 valence electrons. The van der Waals surface area contributed by atoms with Crippen LogP contribution in [0, 0.1) is 0 Å². The molecule has 2 N–H and O–H groups in total. The zero-order valence-corrected chi connectivity index (χ0v) is 16.6. The number of carbonyl (C=O) groups is 1. The topological polar surface area (TPSA) is 79.4 Å². The van der Waals surface area contributed by atoms with E-state index in [-0.39, 0.29) is 12.0 Å². The highest BCUT2D eigenvalue weighted by Gasteiger charge is 2.18. The van der Waals surface area contributed by atoms with Gasteiger partial charge in [-0.3, -0.25) is 9.69 Å². The molecular formula is C19H26ClN5O2. The fourth-order valence-corrected chi connectivity index (χ4v) is 3.15. The first-order valence-corrected chi connectivity index (χ1v) is 9.70. The fourth-order valence-electron chi connectivity index (χ4n) is 2.98. The normalized spacial score (nSPS) is 15.3.